The summed E-state index contributed by atoms with van der Waals surface area (Å²) in [7, 11) is 1.59. The van der Waals surface area contributed by atoms with Gasteiger partial charge in [0, 0.05) is 12.7 Å². The van der Waals surface area contributed by atoms with Crippen molar-refractivity contribution in [2.45, 2.75) is 6.42 Å². The van der Waals surface area contributed by atoms with Crippen molar-refractivity contribution in [3.05, 3.63) is 29.5 Å². The van der Waals surface area contributed by atoms with Crippen LogP contribution in [0.4, 0.5) is 11.5 Å². The summed E-state index contributed by atoms with van der Waals surface area (Å²) in [4.78, 5) is 22.6. The van der Waals surface area contributed by atoms with Gasteiger partial charge in [0.2, 0.25) is 5.91 Å². The van der Waals surface area contributed by atoms with Gasteiger partial charge in [0.1, 0.15) is 5.82 Å². The summed E-state index contributed by atoms with van der Waals surface area (Å²) in [6.07, 6.45) is 0.283. The van der Waals surface area contributed by atoms with Crippen LogP contribution < -0.4 is 11.1 Å². The molecule has 2 heterocycles. The van der Waals surface area contributed by atoms with E-state index in [1.165, 1.54) is 4.68 Å². The molecule has 7 heteroatoms. The molecular weight excluding hydrogens is 260 g/mol. The molecule has 4 N–H and O–H groups in total. The number of aromatic carboxylic acids is 1. The van der Waals surface area contributed by atoms with Crippen LogP contribution in [0.25, 0.3) is 11.1 Å². The van der Waals surface area contributed by atoms with Gasteiger partial charge in [-0.2, -0.15) is 5.10 Å². The zero-order valence-corrected chi connectivity index (χ0v) is 10.7. The van der Waals surface area contributed by atoms with Crippen molar-refractivity contribution in [1.82, 2.24) is 9.78 Å². The number of carbonyl (C=O) groups is 2. The molecule has 0 bridgehead atoms. The van der Waals surface area contributed by atoms with E-state index in [1.807, 2.05) is 0 Å². The van der Waals surface area contributed by atoms with Crippen LogP contribution in [0.15, 0.2) is 18.2 Å². The van der Waals surface area contributed by atoms with Crippen LogP contribution in [0.5, 0.6) is 0 Å². The van der Waals surface area contributed by atoms with Gasteiger partial charge in [0.25, 0.3) is 0 Å². The lowest BCUT2D eigenvalue weighted by atomic mass is 10.0. The van der Waals surface area contributed by atoms with E-state index in [0.717, 1.165) is 11.3 Å². The van der Waals surface area contributed by atoms with E-state index in [9.17, 15) is 14.7 Å². The van der Waals surface area contributed by atoms with Crippen LogP contribution >= 0.6 is 0 Å². The number of nitrogen functional groups attached to an aromatic ring is 1. The van der Waals surface area contributed by atoms with Gasteiger partial charge in [-0.25, -0.2) is 4.79 Å². The molecule has 0 spiro atoms. The van der Waals surface area contributed by atoms with E-state index < -0.39 is 5.97 Å². The molecule has 1 aliphatic heterocycles. The number of fused-ring (bicyclic) bond motifs is 1. The lowest BCUT2D eigenvalue weighted by Crippen LogP contribution is -2.03. The second kappa shape index (κ2) is 4.09. The van der Waals surface area contributed by atoms with Gasteiger partial charge in [-0.1, -0.05) is 6.07 Å². The molecule has 20 heavy (non-hydrogen) atoms. The molecule has 0 saturated carbocycles. The van der Waals surface area contributed by atoms with Gasteiger partial charge in [0.05, 0.1) is 12.0 Å². The Kier molecular flexibility index (Phi) is 2.50. The fourth-order valence-corrected chi connectivity index (χ4v) is 2.36. The van der Waals surface area contributed by atoms with Crippen molar-refractivity contribution in [2.24, 2.45) is 7.05 Å². The number of anilines is 2. The minimum Gasteiger partial charge on any atom is -0.476 e. The van der Waals surface area contributed by atoms with Crippen molar-refractivity contribution in [1.29, 1.82) is 0 Å². The topological polar surface area (TPSA) is 110 Å². The van der Waals surface area contributed by atoms with Crippen molar-refractivity contribution < 1.29 is 14.7 Å². The number of nitrogens with zero attached hydrogens (tertiary/aromatic N) is 2. The second-order valence-corrected chi connectivity index (χ2v) is 4.63. The third-order valence-corrected chi connectivity index (χ3v) is 3.31. The molecule has 0 atom stereocenters. The van der Waals surface area contributed by atoms with Crippen molar-refractivity contribution >= 4 is 23.4 Å². The molecule has 102 valence electrons. The second-order valence-electron chi connectivity index (χ2n) is 4.63. The highest BCUT2D eigenvalue weighted by molar-refractivity contribution is 6.01. The number of aromatic nitrogens is 2. The zero-order chi connectivity index (χ0) is 14.4. The molecule has 1 aromatic carbocycles. The number of rotatable bonds is 2. The van der Waals surface area contributed by atoms with Crippen LogP contribution in [0.3, 0.4) is 0 Å². The summed E-state index contributed by atoms with van der Waals surface area (Å²) in [6.45, 7) is 0. The summed E-state index contributed by atoms with van der Waals surface area (Å²) in [5.74, 6) is -0.934. The summed E-state index contributed by atoms with van der Waals surface area (Å²) in [5.41, 5.74) is 8.40. The number of nitrogens with one attached hydrogen (secondary N) is 1. The van der Waals surface area contributed by atoms with Crippen LogP contribution in [-0.4, -0.2) is 26.8 Å². The minimum absolute atomic E-state index is 0.0743. The number of carboxylic acid groups (broad SMARTS) is 1. The largest absolute Gasteiger partial charge is 0.476 e. The molecule has 1 aliphatic rings. The first-order valence-electron chi connectivity index (χ1n) is 5.96. The van der Waals surface area contributed by atoms with Crippen molar-refractivity contribution in [2.75, 3.05) is 11.1 Å². The summed E-state index contributed by atoms with van der Waals surface area (Å²) in [6, 6.07) is 5.24. The lowest BCUT2D eigenvalue weighted by molar-refractivity contribution is -0.115. The maximum Gasteiger partial charge on any atom is 0.357 e. The van der Waals surface area contributed by atoms with Crippen LogP contribution in [0.2, 0.25) is 0 Å². The number of nitrogens with two attached hydrogens (primary N) is 1. The summed E-state index contributed by atoms with van der Waals surface area (Å²) < 4.78 is 1.33. The Balaban J connectivity index is 2.17. The smallest absolute Gasteiger partial charge is 0.357 e. The monoisotopic (exact) mass is 272 g/mol. The SMILES string of the molecule is Cn1nc(C(=O)O)c(-c2ccc3c(c2)CC(=O)N3)c1N. The molecule has 0 saturated heterocycles. The van der Waals surface area contributed by atoms with Gasteiger partial charge >= 0.3 is 5.97 Å². The number of hydrogen-bond donors (Lipinski definition) is 3. The van der Waals surface area contributed by atoms with Crippen molar-refractivity contribution in [3.63, 3.8) is 0 Å². The van der Waals surface area contributed by atoms with E-state index in [2.05, 4.69) is 10.4 Å². The Morgan fingerprint density at radius 1 is 1.50 bits per heavy atom. The number of aryl methyl sites for hydroxylation is 1. The summed E-state index contributed by atoms with van der Waals surface area (Å²) >= 11 is 0. The summed E-state index contributed by atoms with van der Waals surface area (Å²) in [5, 5.41) is 15.8. The van der Waals surface area contributed by atoms with Crippen molar-refractivity contribution in [3.8, 4) is 11.1 Å². The average Bonchev–Trinajstić information content (AvgIpc) is 2.89. The fourth-order valence-electron chi connectivity index (χ4n) is 2.36. The Bertz CT molecular complexity index is 748. The van der Waals surface area contributed by atoms with Gasteiger partial charge in [-0.05, 0) is 23.3 Å². The maximum absolute atomic E-state index is 11.3. The molecule has 2 aromatic rings. The number of carboxylic acids is 1. The fraction of sp³-hybridized carbons (Fsp3) is 0.154. The lowest BCUT2D eigenvalue weighted by Gasteiger charge is -2.05. The molecule has 0 unspecified atom stereocenters. The van der Waals surface area contributed by atoms with Crippen LogP contribution in [0.1, 0.15) is 16.1 Å². The zero-order valence-electron chi connectivity index (χ0n) is 10.7. The number of hydrogen-bond acceptors (Lipinski definition) is 4. The molecule has 0 fully saturated rings. The number of amides is 1. The molecule has 0 aliphatic carbocycles. The Morgan fingerprint density at radius 2 is 2.25 bits per heavy atom. The highest BCUT2D eigenvalue weighted by Gasteiger charge is 2.23. The highest BCUT2D eigenvalue weighted by Crippen LogP contribution is 2.33. The molecule has 1 aromatic heterocycles. The maximum atomic E-state index is 11.3. The highest BCUT2D eigenvalue weighted by atomic mass is 16.4. The van der Waals surface area contributed by atoms with E-state index >= 15 is 0 Å². The normalized spacial score (nSPS) is 13.2. The Morgan fingerprint density at radius 3 is 2.95 bits per heavy atom. The van der Waals surface area contributed by atoms with E-state index in [1.54, 1.807) is 25.2 Å². The third-order valence-electron chi connectivity index (χ3n) is 3.31. The quantitative estimate of drug-likeness (QED) is 0.751. The molecule has 1 amide bonds. The molecule has 7 nitrogen and oxygen atoms in total. The van der Waals surface area contributed by atoms with Gasteiger partial charge in [0.15, 0.2) is 5.69 Å². The molecular formula is C13H12N4O3. The average molecular weight is 272 g/mol. The third kappa shape index (κ3) is 1.71. The first-order chi connectivity index (χ1) is 9.47. The van der Waals surface area contributed by atoms with Crippen LogP contribution in [0, 0.1) is 0 Å². The minimum atomic E-state index is -1.14. The van der Waals surface area contributed by atoms with E-state index in [0.29, 0.717) is 11.1 Å². The van der Waals surface area contributed by atoms with E-state index in [-0.39, 0.29) is 23.8 Å². The number of benzene rings is 1. The number of carbonyl (C=O) groups excluding carboxylic acids is 1. The standard InChI is InChI=1S/C13H12N4O3/c1-17-12(14)10(11(16-17)13(19)20)6-2-3-8-7(4-6)5-9(18)15-8/h2-4H,5,14H2,1H3,(H,15,18)(H,19,20). The van der Waals surface area contributed by atoms with Gasteiger partial charge < -0.3 is 16.2 Å². The Labute approximate surface area is 114 Å². The first-order valence-corrected chi connectivity index (χ1v) is 5.96. The van der Waals surface area contributed by atoms with Crippen LogP contribution in [-0.2, 0) is 18.3 Å². The Hall–Kier alpha value is -2.83. The van der Waals surface area contributed by atoms with Gasteiger partial charge in [-0.15, -0.1) is 0 Å². The molecule has 3 rings (SSSR count). The molecule has 0 radical (unpaired) electrons. The van der Waals surface area contributed by atoms with Gasteiger partial charge in [-0.3, -0.25) is 9.48 Å². The van der Waals surface area contributed by atoms with E-state index in [4.69, 9.17) is 5.73 Å². The first kappa shape index (κ1) is 12.2. The predicted molar refractivity (Wildman–Crippen MR) is 72.3 cm³/mol. The predicted octanol–water partition coefficient (Wildman–Crippen LogP) is 0.862.